The maximum atomic E-state index is 11.8. The van der Waals surface area contributed by atoms with E-state index in [2.05, 4.69) is 11.2 Å². The SMILES string of the molecule is C#Cc1cccc(C(C)(C=O)NC(=O)OC(C)(C)C)c1. The molecule has 0 saturated heterocycles. The molecule has 0 aromatic heterocycles. The van der Waals surface area contributed by atoms with E-state index >= 15 is 0 Å². The zero-order valence-electron chi connectivity index (χ0n) is 12.2. The highest BCUT2D eigenvalue weighted by Gasteiger charge is 2.30. The minimum absolute atomic E-state index is 0.605. The Bertz CT molecular complexity index is 552. The average molecular weight is 273 g/mol. The molecule has 1 atom stereocenters. The first-order chi connectivity index (χ1) is 9.20. The molecular formula is C16H19NO3. The van der Waals surface area contributed by atoms with E-state index in [4.69, 9.17) is 11.2 Å². The normalized spacial score (nSPS) is 13.8. The first-order valence-corrected chi connectivity index (χ1v) is 6.25. The fourth-order valence-electron chi connectivity index (χ4n) is 1.62. The molecule has 1 rings (SSSR count). The lowest BCUT2D eigenvalue weighted by Gasteiger charge is -2.28. The van der Waals surface area contributed by atoms with Gasteiger partial charge < -0.3 is 14.8 Å². The lowest BCUT2D eigenvalue weighted by Crippen LogP contribution is -2.47. The van der Waals surface area contributed by atoms with Gasteiger partial charge in [0.25, 0.3) is 0 Å². The Kier molecular flexibility index (Phi) is 4.57. The predicted octanol–water partition coefficient (Wildman–Crippen LogP) is 2.61. The van der Waals surface area contributed by atoms with Gasteiger partial charge in [0, 0.05) is 5.56 Å². The molecule has 0 radical (unpaired) electrons. The van der Waals surface area contributed by atoms with Crippen molar-refractivity contribution in [1.82, 2.24) is 5.32 Å². The van der Waals surface area contributed by atoms with Crippen LogP contribution in [0.5, 0.6) is 0 Å². The van der Waals surface area contributed by atoms with Gasteiger partial charge in [-0.25, -0.2) is 4.79 Å². The summed E-state index contributed by atoms with van der Waals surface area (Å²) in [7, 11) is 0. The summed E-state index contributed by atoms with van der Waals surface area (Å²) in [6.45, 7) is 6.86. The van der Waals surface area contributed by atoms with Gasteiger partial charge in [-0.05, 0) is 45.4 Å². The molecule has 0 aliphatic heterocycles. The molecule has 1 aromatic rings. The van der Waals surface area contributed by atoms with Gasteiger partial charge >= 0.3 is 6.09 Å². The Balaban J connectivity index is 3.00. The van der Waals surface area contributed by atoms with Gasteiger partial charge in [0.1, 0.15) is 17.4 Å². The van der Waals surface area contributed by atoms with Crippen molar-refractivity contribution >= 4 is 12.4 Å². The van der Waals surface area contributed by atoms with E-state index < -0.39 is 17.2 Å². The molecule has 0 bridgehead atoms. The third kappa shape index (κ3) is 4.13. The average Bonchev–Trinajstić information content (AvgIpc) is 2.36. The third-order valence-corrected chi connectivity index (χ3v) is 2.63. The molecule has 0 heterocycles. The van der Waals surface area contributed by atoms with E-state index in [0.717, 1.165) is 0 Å². The van der Waals surface area contributed by atoms with Crippen LogP contribution in [0.25, 0.3) is 0 Å². The topological polar surface area (TPSA) is 55.4 Å². The van der Waals surface area contributed by atoms with Crippen molar-refractivity contribution < 1.29 is 14.3 Å². The third-order valence-electron chi connectivity index (χ3n) is 2.63. The van der Waals surface area contributed by atoms with Crippen molar-refractivity contribution in [3.63, 3.8) is 0 Å². The summed E-state index contributed by atoms with van der Waals surface area (Å²) in [6.07, 6.45) is 5.34. The van der Waals surface area contributed by atoms with Gasteiger partial charge in [-0.3, -0.25) is 0 Å². The molecule has 0 saturated carbocycles. The zero-order valence-corrected chi connectivity index (χ0v) is 12.2. The number of amides is 1. The number of aldehydes is 1. The quantitative estimate of drug-likeness (QED) is 0.680. The largest absolute Gasteiger partial charge is 0.444 e. The molecule has 4 nitrogen and oxygen atoms in total. The summed E-state index contributed by atoms with van der Waals surface area (Å²) < 4.78 is 5.16. The summed E-state index contributed by atoms with van der Waals surface area (Å²) in [4.78, 5) is 23.2. The Morgan fingerprint density at radius 3 is 2.50 bits per heavy atom. The van der Waals surface area contributed by atoms with Crippen molar-refractivity contribution in [2.75, 3.05) is 0 Å². The van der Waals surface area contributed by atoms with Gasteiger partial charge in [-0.2, -0.15) is 0 Å². The Morgan fingerprint density at radius 2 is 2.00 bits per heavy atom. The van der Waals surface area contributed by atoms with Crippen LogP contribution < -0.4 is 5.32 Å². The number of terminal acetylenes is 1. The second-order valence-corrected chi connectivity index (χ2v) is 5.67. The maximum absolute atomic E-state index is 11.8. The van der Waals surface area contributed by atoms with E-state index in [1.54, 1.807) is 52.0 Å². The fourth-order valence-corrected chi connectivity index (χ4v) is 1.62. The lowest BCUT2D eigenvalue weighted by molar-refractivity contribution is -0.113. The summed E-state index contributed by atoms with van der Waals surface area (Å²) in [5, 5.41) is 2.57. The number of hydrogen-bond acceptors (Lipinski definition) is 3. The van der Waals surface area contributed by atoms with Crippen molar-refractivity contribution in [2.45, 2.75) is 38.8 Å². The second-order valence-electron chi connectivity index (χ2n) is 5.67. The molecule has 4 heteroatoms. The van der Waals surface area contributed by atoms with Gasteiger partial charge in [0.2, 0.25) is 0 Å². The highest BCUT2D eigenvalue weighted by Crippen LogP contribution is 2.20. The van der Waals surface area contributed by atoms with Gasteiger partial charge in [0.15, 0.2) is 0 Å². The van der Waals surface area contributed by atoms with Crippen LogP contribution >= 0.6 is 0 Å². The number of ether oxygens (including phenoxy) is 1. The molecule has 20 heavy (non-hydrogen) atoms. The number of carbonyl (C=O) groups is 2. The van der Waals surface area contributed by atoms with Crippen molar-refractivity contribution in [3.8, 4) is 12.3 Å². The maximum Gasteiger partial charge on any atom is 0.408 e. The molecule has 0 aliphatic rings. The number of nitrogens with one attached hydrogen (secondary N) is 1. The second kappa shape index (κ2) is 5.79. The first kappa shape index (κ1) is 15.8. The number of carbonyl (C=O) groups excluding carboxylic acids is 2. The summed E-state index contributed by atoms with van der Waals surface area (Å²) in [5.74, 6) is 2.50. The van der Waals surface area contributed by atoms with Crippen LogP contribution in [0, 0.1) is 12.3 Å². The van der Waals surface area contributed by atoms with Gasteiger partial charge in [-0.15, -0.1) is 6.42 Å². The smallest absolute Gasteiger partial charge is 0.408 e. The number of hydrogen-bond donors (Lipinski definition) is 1. The highest BCUT2D eigenvalue weighted by molar-refractivity contribution is 5.78. The molecule has 0 fully saturated rings. The molecule has 106 valence electrons. The number of alkyl carbamates (subject to hydrolysis) is 1. The van der Waals surface area contributed by atoms with Crippen molar-refractivity contribution in [3.05, 3.63) is 35.4 Å². The van der Waals surface area contributed by atoms with Crippen molar-refractivity contribution in [1.29, 1.82) is 0 Å². The molecular weight excluding hydrogens is 254 g/mol. The first-order valence-electron chi connectivity index (χ1n) is 6.25. The van der Waals surface area contributed by atoms with Crippen LogP contribution in [0.2, 0.25) is 0 Å². The van der Waals surface area contributed by atoms with Crippen molar-refractivity contribution in [2.24, 2.45) is 0 Å². The van der Waals surface area contributed by atoms with Crippen LogP contribution in [0.15, 0.2) is 24.3 Å². The zero-order chi connectivity index (χ0) is 15.4. The number of rotatable bonds is 3. The molecule has 0 aliphatic carbocycles. The Labute approximate surface area is 119 Å². The molecule has 1 amide bonds. The summed E-state index contributed by atoms with van der Waals surface area (Å²) in [5.41, 5.74) is -0.570. The molecule has 1 aromatic carbocycles. The van der Waals surface area contributed by atoms with E-state index in [1.807, 2.05) is 0 Å². The summed E-state index contributed by atoms with van der Waals surface area (Å²) in [6, 6.07) is 6.91. The van der Waals surface area contributed by atoms with E-state index in [9.17, 15) is 9.59 Å². The molecule has 0 spiro atoms. The van der Waals surface area contributed by atoms with Crippen LogP contribution in [0.4, 0.5) is 4.79 Å². The summed E-state index contributed by atoms with van der Waals surface area (Å²) >= 11 is 0. The van der Waals surface area contributed by atoms with E-state index in [-0.39, 0.29) is 0 Å². The van der Waals surface area contributed by atoms with Crippen LogP contribution in [-0.4, -0.2) is 18.0 Å². The van der Waals surface area contributed by atoms with E-state index in [1.165, 1.54) is 0 Å². The highest BCUT2D eigenvalue weighted by atomic mass is 16.6. The number of benzene rings is 1. The molecule has 1 unspecified atom stereocenters. The van der Waals surface area contributed by atoms with Gasteiger partial charge in [-0.1, -0.05) is 18.1 Å². The minimum atomic E-state index is -1.19. The Hall–Kier alpha value is -2.28. The minimum Gasteiger partial charge on any atom is -0.444 e. The van der Waals surface area contributed by atoms with E-state index in [0.29, 0.717) is 17.4 Å². The van der Waals surface area contributed by atoms with Gasteiger partial charge in [0.05, 0.1) is 0 Å². The molecule has 1 N–H and O–H groups in total. The lowest BCUT2D eigenvalue weighted by atomic mass is 9.92. The standard InChI is InChI=1S/C16H19NO3/c1-6-12-8-7-9-13(10-12)16(5,11-18)17-14(19)20-15(2,3)4/h1,7-11H,2-5H3,(H,17,19). The Morgan fingerprint density at radius 1 is 1.35 bits per heavy atom. The fraction of sp³-hybridized carbons (Fsp3) is 0.375. The van der Waals surface area contributed by atoms with Crippen LogP contribution in [0.3, 0.4) is 0 Å². The van der Waals surface area contributed by atoms with Crippen LogP contribution in [0.1, 0.15) is 38.8 Å². The monoisotopic (exact) mass is 273 g/mol. The van der Waals surface area contributed by atoms with Crippen LogP contribution in [-0.2, 0) is 15.1 Å². The predicted molar refractivity (Wildman–Crippen MR) is 77.2 cm³/mol.